The number of carbonyl (C=O) groups excluding carboxylic acids is 2. The fourth-order valence-corrected chi connectivity index (χ4v) is 8.12. The fourth-order valence-electron chi connectivity index (χ4n) is 8.12. The molecule has 0 radical (unpaired) electrons. The van der Waals surface area contributed by atoms with Crippen LogP contribution in [0.4, 0.5) is 0 Å². The third kappa shape index (κ3) is 58.8. The molecule has 0 aromatic rings. The number of hydrogen-bond acceptors (Lipinski definition) is 28. The van der Waals surface area contributed by atoms with E-state index in [9.17, 15) is 19.8 Å². The molecule has 0 amide bonds. The average molecular weight is 1320 g/mol. The van der Waals surface area contributed by atoms with Gasteiger partial charge in [0.1, 0.15) is 23.8 Å². The van der Waals surface area contributed by atoms with Crippen molar-refractivity contribution in [3.63, 3.8) is 0 Å². The van der Waals surface area contributed by atoms with E-state index in [4.69, 9.17) is 105 Å². The van der Waals surface area contributed by atoms with E-state index in [0.717, 1.165) is 26.3 Å². The third-order valence-electron chi connectivity index (χ3n) is 13.2. The SMILES string of the molecule is C(COCCOCCOCCOCC1CO1)OCCOCCOCCOCCOCC1CO1.O=C1CCN(CC(O)COCCOCCOCCOCCOCCOCCOCCOCCOCC(O)CN2CCC(=O)CC2)CC1.OC1(O)CC[NH2+]CC1.[Cl-]. The number of β-amino-alcohol motifs (C(OH)–C–C–N with tert-alkyl or cyclic N) is 2. The average Bonchev–Trinajstić information content (AvgIpc) is 4.58. The molecule has 89 heavy (non-hydrogen) atoms. The Morgan fingerprint density at radius 3 is 0.764 bits per heavy atom. The number of nitrogens with zero attached hydrogens (tertiary/aromatic N) is 2. The number of Topliss-reactive ketones (excluding diaryl/α,β-unsaturated/α-hetero) is 2. The Kier molecular flexibility index (Phi) is 57.7. The molecule has 5 rings (SSSR count). The standard InChI is InChI=1S/C32H60N2O13.C22H42O11.C5H11NO2.ClH/c35-29-1-5-33(6-2-29)25-31(37)27-46-23-21-44-19-17-42-15-13-40-11-9-39-10-12-41-14-16-43-18-20-45-22-24-47-28-32(38)26-34-7-3-30(36)4-8-34;1(3-24-5-7-26-9-11-28-13-15-30-17-21-19-32-21)23-2-4-25-6-8-27-10-12-29-14-16-31-18-22-20-33-22;7-5(8)1-3-6-4-2-5;/h31-32,37-38H,1-28H2;21-22H,1-20H2;6-8H,1-4H2;1H. The van der Waals surface area contributed by atoms with Crippen molar-refractivity contribution >= 4 is 11.6 Å². The van der Waals surface area contributed by atoms with Crippen molar-refractivity contribution in [2.24, 2.45) is 0 Å². The Bertz CT molecular complexity index is 1430. The quantitative estimate of drug-likeness (QED) is 0.0215. The molecule has 0 spiro atoms. The molecule has 0 bridgehead atoms. The molecule has 4 unspecified atom stereocenters. The molecule has 0 saturated carbocycles. The highest BCUT2D eigenvalue weighted by Gasteiger charge is 2.27. The van der Waals surface area contributed by atoms with Gasteiger partial charge in [0.05, 0.1) is 289 Å². The van der Waals surface area contributed by atoms with Gasteiger partial charge in [0, 0.05) is 65.0 Å². The molecule has 0 aliphatic carbocycles. The molecule has 29 nitrogen and oxygen atoms in total. The molecular weight excluding hydrogens is 1200 g/mol. The molecule has 0 aromatic carbocycles. The van der Waals surface area contributed by atoms with Gasteiger partial charge in [-0.2, -0.15) is 0 Å². The van der Waals surface area contributed by atoms with Crippen LogP contribution >= 0.6 is 0 Å². The zero-order valence-corrected chi connectivity index (χ0v) is 54.0. The van der Waals surface area contributed by atoms with Crippen LogP contribution in [0.25, 0.3) is 0 Å². The zero-order valence-electron chi connectivity index (χ0n) is 53.2. The molecule has 5 aliphatic rings. The summed E-state index contributed by atoms with van der Waals surface area (Å²) in [6.07, 6.45) is 2.76. The van der Waals surface area contributed by atoms with E-state index in [2.05, 4.69) is 15.1 Å². The van der Waals surface area contributed by atoms with Gasteiger partial charge in [-0.1, -0.05) is 0 Å². The van der Waals surface area contributed by atoms with E-state index in [0.29, 0.717) is 326 Å². The predicted molar refractivity (Wildman–Crippen MR) is 316 cm³/mol. The summed E-state index contributed by atoms with van der Waals surface area (Å²) in [6.45, 7) is 25.2. The Morgan fingerprint density at radius 1 is 0.371 bits per heavy atom. The number of likely N-dealkylation sites (tertiary alicyclic amines) is 2. The van der Waals surface area contributed by atoms with Crippen LogP contribution in [0.15, 0.2) is 0 Å². The normalized spacial score (nSPS) is 19.1. The molecule has 4 atom stereocenters. The molecule has 528 valence electrons. The second-order valence-electron chi connectivity index (χ2n) is 21.1. The zero-order chi connectivity index (χ0) is 62.7. The van der Waals surface area contributed by atoms with Crippen molar-refractivity contribution in [3.8, 4) is 0 Å². The van der Waals surface area contributed by atoms with Gasteiger partial charge in [-0.3, -0.25) is 19.4 Å². The van der Waals surface area contributed by atoms with Crippen LogP contribution in [0.3, 0.4) is 0 Å². The van der Waals surface area contributed by atoms with Crippen molar-refractivity contribution < 1.29 is 142 Å². The minimum atomic E-state index is -1.35. The van der Waals surface area contributed by atoms with Crippen LogP contribution in [-0.2, 0) is 104 Å². The second kappa shape index (κ2) is 61.4. The van der Waals surface area contributed by atoms with E-state index in [1.165, 1.54) is 0 Å². The lowest BCUT2D eigenvalue weighted by Gasteiger charge is -2.27. The van der Waals surface area contributed by atoms with Crippen LogP contribution < -0.4 is 17.7 Å². The van der Waals surface area contributed by atoms with E-state index in [1.807, 2.05) is 0 Å². The number of ketones is 2. The first-order valence-electron chi connectivity index (χ1n) is 31.9. The number of aliphatic hydroxyl groups excluding tert-OH is 2. The highest BCUT2D eigenvalue weighted by molar-refractivity contribution is 5.79. The Morgan fingerprint density at radius 2 is 0.573 bits per heavy atom. The number of epoxide rings is 2. The summed E-state index contributed by atoms with van der Waals surface area (Å²) < 4.78 is 108. The van der Waals surface area contributed by atoms with Crippen molar-refractivity contribution in [1.82, 2.24) is 9.80 Å². The summed E-state index contributed by atoms with van der Waals surface area (Å²) in [4.78, 5) is 26.7. The number of rotatable bonds is 60. The fraction of sp³-hybridized carbons (Fsp3) is 0.966. The van der Waals surface area contributed by atoms with Gasteiger partial charge in [0.15, 0.2) is 5.79 Å². The molecule has 6 N–H and O–H groups in total. The molecule has 5 aliphatic heterocycles. The summed E-state index contributed by atoms with van der Waals surface area (Å²) in [5.41, 5.74) is 0. The smallest absolute Gasteiger partial charge is 0.173 e. The maximum absolute atomic E-state index is 11.3. The van der Waals surface area contributed by atoms with Gasteiger partial charge in [-0.25, -0.2) is 0 Å². The lowest BCUT2D eigenvalue weighted by molar-refractivity contribution is -0.672. The van der Waals surface area contributed by atoms with Crippen molar-refractivity contribution in [1.29, 1.82) is 0 Å². The number of ether oxygens (including phenoxy) is 20. The van der Waals surface area contributed by atoms with E-state index in [-0.39, 0.29) is 25.6 Å². The predicted octanol–water partition coefficient (Wildman–Crippen LogP) is -5.85. The van der Waals surface area contributed by atoms with Gasteiger partial charge >= 0.3 is 0 Å². The summed E-state index contributed by atoms with van der Waals surface area (Å²) in [6, 6.07) is 0. The lowest BCUT2D eigenvalue weighted by atomic mass is 10.1. The minimum absolute atomic E-state index is 0. The number of nitrogens with two attached hydrogens (primary N) is 1. The van der Waals surface area contributed by atoms with Gasteiger partial charge in [0.25, 0.3) is 0 Å². The summed E-state index contributed by atoms with van der Waals surface area (Å²) in [5.74, 6) is -0.765. The summed E-state index contributed by atoms with van der Waals surface area (Å²) >= 11 is 0. The molecular formula is C59H114ClN3O26. The number of hydrogen-bond donors (Lipinski definition) is 5. The summed E-state index contributed by atoms with van der Waals surface area (Å²) in [7, 11) is 0. The Hall–Kier alpha value is -1.45. The number of quaternary nitrogens is 1. The van der Waals surface area contributed by atoms with Crippen molar-refractivity contribution in [2.45, 2.75) is 68.7 Å². The van der Waals surface area contributed by atoms with Crippen LogP contribution in [0, 0.1) is 0 Å². The first-order valence-corrected chi connectivity index (χ1v) is 31.9. The molecule has 5 heterocycles. The molecule has 30 heteroatoms. The highest BCUT2D eigenvalue weighted by Crippen LogP contribution is 2.11. The monoisotopic (exact) mass is 1320 g/mol. The summed E-state index contributed by atoms with van der Waals surface area (Å²) in [5, 5.41) is 40.0. The van der Waals surface area contributed by atoms with Crippen LogP contribution in [0.2, 0.25) is 0 Å². The lowest BCUT2D eigenvalue weighted by Crippen LogP contribution is -3.00. The van der Waals surface area contributed by atoms with E-state index >= 15 is 0 Å². The van der Waals surface area contributed by atoms with Crippen LogP contribution in [-0.4, -0.2) is 375 Å². The second-order valence-corrected chi connectivity index (χ2v) is 21.1. The molecule has 5 saturated heterocycles. The largest absolute Gasteiger partial charge is 1.00 e. The Balaban J connectivity index is 0.000000555. The van der Waals surface area contributed by atoms with Crippen LogP contribution in [0.1, 0.15) is 38.5 Å². The van der Waals surface area contributed by atoms with Gasteiger partial charge < -0.3 is 133 Å². The number of carbonyl (C=O) groups is 2. The molecule has 0 aromatic heterocycles. The van der Waals surface area contributed by atoms with E-state index < -0.39 is 18.0 Å². The first kappa shape index (κ1) is 83.6. The number of halogens is 1. The van der Waals surface area contributed by atoms with Gasteiger partial charge in [0.2, 0.25) is 0 Å². The third-order valence-corrected chi connectivity index (χ3v) is 13.2. The van der Waals surface area contributed by atoms with Crippen LogP contribution in [0.5, 0.6) is 0 Å². The number of aliphatic hydroxyl groups is 4. The topological polar surface area (TPSA) is 329 Å². The number of piperidine rings is 3. The van der Waals surface area contributed by atoms with Gasteiger partial charge in [-0.05, 0) is 0 Å². The Labute approximate surface area is 534 Å². The molecule has 5 fully saturated rings. The van der Waals surface area contributed by atoms with E-state index in [1.54, 1.807) is 0 Å². The first-order chi connectivity index (χ1) is 43.2. The highest BCUT2D eigenvalue weighted by atomic mass is 35.5. The van der Waals surface area contributed by atoms with Gasteiger partial charge in [-0.15, -0.1) is 0 Å². The van der Waals surface area contributed by atoms with Crippen molar-refractivity contribution in [3.05, 3.63) is 0 Å². The van der Waals surface area contributed by atoms with Crippen molar-refractivity contribution in [2.75, 3.05) is 303 Å². The maximum Gasteiger partial charge on any atom is 0.173 e. The minimum Gasteiger partial charge on any atom is -1.00 e. The maximum atomic E-state index is 11.3.